The van der Waals surface area contributed by atoms with Gasteiger partial charge in [-0.15, -0.1) is 0 Å². The maximum atomic E-state index is 12.7. The van der Waals surface area contributed by atoms with Crippen molar-refractivity contribution in [1.82, 2.24) is 4.90 Å². The van der Waals surface area contributed by atoms with Crippen molar-refractivity contribution >= 4 is 21.8 Å². The van der Waals surface area contributed by atoms with Crippen LogP contribution in [0.25, 0.3) is 0 Å². The molecule has 0 bridgehead atoms. The third kappa shape index (κ3) is 4.09. The molecule has 0 radical (unpaired) electrons. The van der Waals surface area contributed by atoms with Crippen molar-refractivity contribution in [2.45, 2.75) is 13.1 Å². The summed E-state index contributed by atoms with van der Waals surface area (Å²) in [5, 5.41) is 0. The van der Waals surface area contributed by atoms with Crippen LogP contribution in [-0.2, 0) is 6.18 Å². The maximum absolute atomic E-state index is 12.7. The average Bonchev–Trinajstić information content (AvgIpc) is 2.26. The molecule has 6 heteroatoms. The third-order valence-electron chi connectivity index (χ3n) is 2.37. The van der Waals surface area contributed by atoms with Gasteiger partial charge in [-0.05, 0) is 25.1 Å². The van der Waals surface area contributed by atoms with Crippen molar-refractivity contribution in [2.75, 3.05) is 13.6 Å². The zero-order valence-electron chi connectivity index (χ0n) is 10.5. The molecule has 0 heterocycles. The lowest BCUT2D eigenvalue weighted by atomic mass is 10.1. The minimum atomic E-state index is -4.50. The van der Waals surface area contributed by atoms with Crippen molar-refractivity contribution in [3.05, 3.63) is 46.0 Å². The van der Waals surface area contributed by atoms with Gasteiger partial charge in [0.15, 0.2) is 0 Å². The molecule has 0 saturated carbocycles. The van der Waals surface area contributed by atoms with Gasteiger partial charge in [0.25, 0.3) is 5.91 Å². The van der Waals surface area contributed by atoms with E-state index in [-0.39, 0.29) is 10.0 Å². The molecule has 0 aliphatic carbocycles. The van der Waals surface area contributed by atoms with E-state index < -0.39 is 17.6 Å². The van der Waals surface area contributed by atoms with E-state index in [1.165, 1.54) is 24.1 Å². The SMILES string of the molecule is C=C(C)CN(C)C(=O)c1ccc(Br)c(C(F)(F)F)c1. The fraction of sp³-hybridized carbons (Fsp3) is 0.308. The fourth-order valence-corrected chi connectivity index (χ4v) is 2.04. The Labute approximate surface area is 118 Å². The van der Waals surface area contributed by atoms with Crippen LogP contribution in [0.5, 0.6) is 0 Å². The van der Waals surface area contributed by atoms with E-state index in [2.05, 4.69) is 22.5 Å². The Morgan fingerprint density at radius 3 is 2.47 bits per heavy atom. The van der Waals surface area contributed by atoms with Crippen LogP contribution >= 0.6 is 15.9 Å². The number of carbonyl (C=O) groups excluding carboxylic acids is 1. The smallest absolute Gasteiger partial charge is 0.338 e. The molecule has 0 unspecified atom stereocenters. The molecule has 0 atom stereocenters. The Bertz CT molecular complexity index is 511. The van der Waals surface area contributed by atoms with Gasteiger partial charge in [-0.1, -0.05) is 28.1 Å². The molecule has 19 heavy (non-hydrogen) atoms. The number of alkyl halides is 3. The Morgan fingerprint density at radius 2 is 2.00 bits per heavy atom. The minimum Gasteiger partial charge on any atom is -0.338 e. The summed E-state index contributed by atoms with van der Waals surface area (Å²) in [5.74, 6) is -0.471. The number of carbonyl (C=O) groups is 1. The van der Waals surface area contributed by atoms with Gasteiger partial charge >= 0.3 is 6.18 Å². The highest BCUT2D eigenvalue weighted by atomic mass is 79.9. The molecule has 0 spiro atoms. The maximum Gasteiger partial charge on any atom is 0.417 e. The van der Waals surface area contributed by atoms with Crippen molar-refractivity contribution in [1.29, 1.82) is 0 Å². The highest BCUT2D eigenvalue weighted by Gasteiger charge is 2.33. The van der Waals surface area contributed by atoms with Gasteiger partial charge in [0.2, 0.25) is 0 Å². The van der Waals surface area contributed by atoms with E-state index in [9.17, 15) is 18.0 Å². The van der Waals surface area contributed by atoms with Crippen LogP contribution in [0, 0.1) is 0 Å². The first-order chi connectivity index (χ1) is 8.62. The Balaban J connectivity index is 3.09. The van der Waals surface area contributed by atoms with E-state index in [0.29, 0.717) is 6.54 Å². The quantitative estimate of drug-likeness (QED) is 0.761. The summed E-state index contributed by atoms with van der Waals surface area (Å²) in [5.41, 5.74) is -0.106. The van der Waals surface area contributed by atoms with Crippen molar-refractivity contribution < 1.29 is 18.0 Å². The molecule has 0 aliphatic rings. The minimum absolute atomic E-state index is 0.000671. The largest absolute Gasteiger partial charge is 0.417 e. The zero-order chi connectivity index (χ0) is 14.8. The first-order valence-corrected chi connectivity index (χ1v) is 6.19. The van der Waals surface area contributed by atoms with Crippen LogP contribution in [0.1, 0.15) is 22.8 Å². The van der Waals surface area contributed by atoms with Crippen LogP contribution in [0.4, 0.5) is 13.2 Å². The predicted octanol–water partition coefficient (Wildman–Crippen LogP) is 4.12. The number of benzene rings is 1. The molecule has 1 amide bonds. The first kappa shape index (κ1) is 15.8. The van der Waals surface area contributed by atoms with Gasteiger partial charge in [-0.2, -0.15) is 13.2 Å². The molecule has 2 nitrogen and oxygen atoms in total. The lowest BCUT2D eigenvalue weighted by Crippen LogP contribution is -2.28. The number of amides is 1. The standard InChI is InChI=1S/C13H13BrF3NO/c1-8(2)7-18(3)12(19)9-4-5-11(14)10(6-9)13(15,16)17/h4-6H,1,7H2,2-3H3. The van der Waals surface area contributed by atoms with Crippen LogP contribution in [0.15, 0.2) is 34.8 Å². The second-order valence-corrected chi connectivity index (χ2v) is 5.17. The number of likely N-dealkylation sites (N-methyl/N-ethyl adjacent to an activating group) is 1. The Kier molecular flexibility index (Phi) is 4.79. The third-order valence-corrected chi connectivity index (χ3v) is 3.06. The van der Waals surface area contributed by atoms with E-state index in [1.807, 2.05) is 0 Å². The predicted molar refractivity (Wildman–Crippen MR) is 70.9 cm³/mol. The van der Waals surface area contributed by atoms with Crippen LogP contribution in [0.2, 0.25) is 0 Å². The van der Waals surface area contributed by atoms with E-state index in [1.54, 1.807) is 6.92 Å². The number of hydrogen-bond donors (Lipinski definition) is 0. The number of hydrogen-bond acceptors (Lipinski definition) is 1. The molecule has 1 aromatic rings. The molecule has 0 aliphatic heterocycles. The van der Waals surface area contributed by atoms with Gasteiger partial charge in [-0.3, -0.25) is 4.79 Å². The summed E-state index contributed by atoms with van der Waals surface area (Å²) >= 11 is 2.83. The number of rotatable bonds is 3. The molecule has 1 rings (SSSR count). The first-order valence-electron chi connectivity index (χ1n) is 5.39. The molecule has 1 aromatic carbocycles. The van der Waals surface area contributed by atoms with Gasteiger partial charge in [0, 0.05) is 23.6 Å². The molecular weight excluding hydrogens is 323 g/mol. The average molecular weight is 336 g/mol. The van der Waals surface area contributed by atoms with E-state index in [4.69, 9.17) is 0 Å². The summed E-state index contributed by atoms with van der Waals surface area (Å²) in [6.45, 7) is 5.71. The van der Waals surface area contributed by atoms with Crippen molar-refractivity contribution in [3.63, 3.8) is 0 Å². The summed E-state index contributed by atoms with van der Waals surface area (Å²) < 4.78 is 38.1. The molecule has 0 fully saturated rings. The fourth-order valence-electron chi connectivity index (χ4n) is 1.57. The van der Waals surface area contributed by atoms with Crippen molar-refractivity contribution in [3.8, 4) is 0 Å². The molecular formula is C13H13BrF3NO. The normalized spacial score (nSPS) is 11.3. The highest BCUT2D eigenvalue weighted by molar-refractivity contribution is 9.10. The number of nitrogens with zero attached hydrogens (tertiary/aromatic N) is 1. The summed E-state index contributed by atoms with van der Waals surface area (Å²) in [4.78, 5) is 13.3. The summed E-state index contributed by atoms with van der Waals surface area (Å²) in [6.07, 6.45) is -4.50. The zero-order valence-corrected chi connectivity index (χ0v) is 12.1. The lowest BCUT2D eigenvalue weighted by Gasteiger charge is -2.18. The van der Waals surface area contributed by atoms with Gasteiger partial charge in [-0.25, -0.2) is 0 Å². The van der Waals surface area contributed by atoms with Crippen LogP contribution < -0.4 is 0 Å². The number of halogens is 4. The van der Waals surface area contributed by atoms with Gasteiger partial charge < -0.3 is 4.90 Å². The second-order valence-electron chi connectivity index (χ2n) is 4.31. The summed E-state index contributed by atoms with van der Waals surface area (Å²) in [6, 6.07) is 3.43. The lowest BCUT2D eigenvalue weighted by molar-refractivity contribution is -0.138. The van der Waals surface area contributed by atoms with Gasteiger partial charge in [0.05, 0.1) is 5.56 Å². The van der Waals surface area contributed by atoms with Crippen LogP contribution in [0.3, 0.4) is 0 Å². The van der Waals surface area contributed by atoms with E-state index in [0.717, 1.165) is 11.6 Å². The summed E-state index contributed by atoms with van der Waals surface area (Å²) in [7, 11) is 1.52. The highest BCUT2D eigenvalue weighted by Crippen LogP contribution is 2.35. The Morgan fingerprint density at radius 1 is 1.42 bits per heavy atom. The molecule has 104 valence electrons. The molecule has 0 saturated heterocycles. The van der Waals surface area contributed by atoms with E-state index >= 15 is 0 Å². The monoisotopic (exact) mass is 335 g/mol. The molecule has 0 N–H and O–H groups in total. The second kappa shape index (κ2) is 5.77. The van der Waals surface area contributed by atoms with Gasteiger partial charge in [0.1, 0.15) is 0 Å². The Hall–Kier alpha value is -1.30. The van der Waals surface area contributed by atoms with Crippen molar-refractivity contribution in [2.24, 2.45) is 0 Å². The molecule has 0 aromatic heterocycles. The van der Waals surface area contributed by atoms with Crippen LogP contribution in [-0.4, -0.2) is 24.4 Å². The topological polar surface area (TPSA) is 20.3 Å².